The number of rotatable bonds is 8. The molecular weight excluding hydrogens is 422 g/mol. The Balaban J connectivity index is 1.55. The lowest BCUT2D eigenvalue weighted by Crippen LogP contribution is -2.02. The van der Waals surface area contributed by atoms with Crippen molar-refractivity contribution in [3.05, 3.63) is 81.6 Å². The molecule has 7 heteroatoms. The number of nitrogens with zero attached hydrogens (tertiary/aromatic N) is 2. The zero-order chi connectivity index (χ0) is 22.3. The molecule has 0 amide bonds. The summed E-state index contributed by atoms with van der Waals surface area (Å²) in [5.41, 5.74) is 2.09. The fourth-order valence-electron chi connectivity index (χ4n) is 3.07. The highest BCUT2D eigenvalue weighted by Crippen LogP contribution is 2.27. The Labute approximate surface area is 189 Å². The van der Waals surface area contributed by atoms with E-state index in [1.165, 1.54) is 11.3 Å². The van der Waals surface area contributed by atoms with Crippen LogP contribution in [-0.4, -0.2) is 11.6 Å². The van der Waals surface area contributed by atoms with Crippen molar-refractivity contribution in [3.8, 4) is 23.1 Å². The maximum absolute atomic E-state index is 12.4. The van der Waals surface area contributed by atoms with Crippen molar-refractivity contribution in [1.82, 2.24) is 4.98 Å². The number of anilines is 1. The van der Waals surface area contributed by atoms with Crippen molar-refractivity contribution in [3.63, 3.8) is 0 Å². The molecule has 0 aliphatic rings. The Morgan fingerprint density at radius 3 is 2.97 bits per heavy atom. The summed E-state index contributed by atoms with van der Waals surface area (Å²) >= 11 is 1.30. The van der Waals surface area contributed by atoms with Gasteiger partial charge in [0, 0.05) is 28.7 Å². The van der Waals surface area contributed by atoms with Gasteiger partial charge < -0.3 is 14.5 Å². The van der Waals surface area contributed by atoms with Crippen LogP contribution in [0.5, 0.6) is 5.75 Å². The van der Waals surface area contributed by atoms with Crippen molar-refractivity contribution in [2.45, 2.75) is 19.8 Å². The molecule has 0 saturated heterocycles. The van der Waals surface area contributed by atoms with Crippen LogP contribution in [0.1, 0.15) is 24.8 Å². The second-order valence-corrected chi connectivity index (χ2v) is 7.93. The van der Waals surface area contributed by atoms with Crippen LogP contribution in [0.4, 0.5) is 5.69 Å². The average Bonchev–Trinajstić information content (AvgIpc) is 3.29. The lowest BCUT2D eigenvalue weighted by Gasteiger charge is -2.07. The van der Waals surface area contributed by atoms with Gasteiger partial charge in [0.25, 0.3) is 0 Å². The largest absolute Gasteiger partial charge is 0.494 e. The van der Waals surface area contributed by atoms with E-state index in [2.05, 4.69) is 23.3 Å². The molecule has 4 rings (SSSR count). The predicted octanol–water partition coefficient (Wildman–Crippen LogP) is 6.07. The number of para-hydroxylation sites is 1. The molecule has 0 fully saturated rings. The van der Waals surface area contributed by atoms with Gasteiger partial charge in [-0.1, -0.05) is 37.6 Å². The minimum absolute atomic E-state index is 0.365. The van der Waals surface area contributed by atoms with Gasteiger partial charge in [0.1, 0.15) is 28.0 Å². The predicted molar refractivity (Wildman–Crippen MR) is 128 cm³/mol. The summed E-state index contributed by atoms with van der Waals surface area (Å²) in [4.78, 5) is 16.9. The first-order chi connectivity index (χ1) is 15.7. The van der Waals surface area contributed by atoms with Gasteiger partial charge in [-0.25, -0.2) is 9.78 Å². The molecule has 2 heterocycles. The van der Waals surface area contributed by atoms with Gasteiger partial charge in [-0.2, -0.15) is 5.26 Å². The van der Waals surface area contributed by atoms with Crippen molar-refractivity contribution in [1.29, 1.82) is 5.26 Å². The first-order valence-corrected chi connectivity index (χ1v) is 11.1. The van der Waals surface area contributed by atoms with Crippen LogP contribution in [0.3, 0.4) is 0 Å². The standard InChI is InChI=1S/C25H21N3O3S/c1-2-3-11-30-20-9-6-8-19(13-20)27-15-18(14-26)24-28-22(16-32-24)21-12-17-7-4-5-10-23(17)31-25(21)29/h4-10,12-13,15-16,27H,2-3,11H2,1H3/b18-15-. The topological polar surface area (TPSA) is 88.2 Å². The number of hydrogen-bond donors (Lipinski definition) is 1. The minimum atomic E-state index is -0.457. The van der Waals surface area contributed by atoms with Gasteiger partial charge in [0.05, 0.1) is 17.9 Å². The van der Waals surface area contributed by atoms with E-state index < -0.39 is 5.63 Å². The Hall–Kier alpha value is -3.89. The molecule has 0 bridgehead atoms. The zero-order valence-electron chi connectivity index (χ0n) is 17.5. The molecule has 0 saturated carbocycles. The number of allylic oxidation sites excluding steroid dienone is 1. The van der Waals surface area contributed by atoms with Crippen LogP contribution in [-0.2, 0) is 0 Å². The molecule has 0 spiro atoms. The van der Waals surface area contributed by atoms with Crippen molar-refractivity contribution < 1.29 is 9.15 Å². The quantitative estimate of drug-likeness (QED) is 0.202. The van der Waals surface area contributed by atoms with Crippen LogP contribution in [0.25, 0.3) is 27.8 Å². The highest BCUT2D eigenvalue weighted by atomic mass is 32.1. The van der Waals surface area contributed by atoms with E-state index in [0.29, 0.717) is 34.0 Å². The van der Waals surface area contributed by atoms with Crippen LogP contribution in [0.2, 0.25) is 0 Å². The minimum Gasteiger partial charge on any atom is -0.494 e. The number of thiazole rings is 1. The molecular formula is C25H21N3O3S. The smallest absolute Gasteiger partial charge is 0.345 e. The maximum Gasteiger partial charge on any atom is 0.345 e. The second-order valence-electron chi connectivity index (χ2n) is 7.07. The Bertz CT molecular complexity index is 1360. The lowest BCUT2D eigenvalue weighted by atomic mass is 10.1. The molecule has 0 atom stereocenters. The number of nitrogens with one attached hydrogen (secondary N) is 1. The van der Waals surface area contributed by atoms with Crippen molar-refractivity contribution in [2.24, 2.45) is 0 Å². The normalized spacial score (nSPS) is 11.3. The zero-order valence-corrected chi connectivity index (χ0v) is 18.3. The summed E-state index contributed by atoms with van der Waals surface area (Å²) in [6.07, 6.45) is 3.68. The number of hydrogen-bond acceptors (Lipinski definition) is 7. The Kier molecular flexibility index (Phi) is 6.63. The Morgan fingerprint density at radius 2 is 2.12 bits per heavy atom. The number of unbranched alkanes of at least 4 members (excludes halogenated alkanes) is 1. The summed E-state index contributed by atoms with van der Waals surface area (Å²) in [6.45, 7) is 2.79. The van der Waals surface area contributed by atoms with E-state index >= 15 is 0 Å². The molecule has 32 heavy (non-hydrogen) atoms. The average molecular weight is 444 g/mol. The van der Waals surface area contributed by atoms with Crippen LogP contribution >= 0.6 is 11.3 Å². The molecule has 2 aromatic carbocycles. The number of nitriles is 1. The molecule has 0 aliphatic heterocycles. The second kappa shape index (κ2) is 9.94. The first-order valence-electron chi connectivity index (χ1n) is 10.3. The third kappa shape index (κ3) is 4.88. The van der Waals surface area contributed by atoms with Gasteiger partial charge in [-0.05, 0) is 30.7 Å². The third-order valence-electron chi connectivity index (χ3n) is 4.76. The number of aromatic nitrogens is 1. The van der Waals surface area contributed by atoms with Gasteiger partial charge in [-0.15, -0.1) is 11.3 Å². The van der Waals surface area contributed by atoms with Crippen LogP contribution in [0.15, 0.2) is 75.4 Å². The molecule has 0 aliphatic carbocycles. The summed E-state index contributed by atoms with van der Waals surface area (Å²) in [5, 5.41) is 15.8. The van der Waals surface area contributed by atoms with Crippen molar-refractivity contribution >= 4 is 33.6 Å². The first kappa shape index (κ1) is 21.3. The number of fused-ring (bicyclic) bond motifs is 1. The van der Waals surface area contributed by atoms with Gasteiger partial charge >= 0.3 is 5.63 Å². The third-order valence-corrected chi connectivity index (χ3v) is 5.63. The SMILES string of the molecule is CCCCOc1cccc(N/C=C(/C#N)c2nc(-c3cc4ccccc4oc3=O)cs2)c1. The fraction of sp³-hybridized carbons (Fsp3) is 0.160. The fourth-order valence-corrected chi connectivity index (χ4v) is 3.85. The van der Waals surface area contributed by atoms with Crippen LogP contribution in [0, 0.1) is 11.3 Å². The van der Waals surface area contributed by atoms with Gasteiger partial charge in [0.15, 0.2) is 0 Å². The van der Waals surface area contributed by atoms with Gasteiger partial charge in [-0.3, -0.25) is 0 Å². The van der Waals surface area contributed by atoms with Crippen LogP contribution < -0.4 is 15.7 Å². The number of benzene rings is 2. The highest BCUT2D eigenvalue weighted by molar-refractivity contribution is 7.11. The van der Waals surface area contributed by atoms with E-state index in [0.717, 1.165) is 29.7 Å². The van der Waals surface area contributed by atoms with E-state index in [1.54, 1.807) is 23.7 Å². The Morgan fingerprint density at radius 1 is 1.25 bits per heavy atom. The van der Waals surface area contributed by atoms with E-state index in [9.17, 15) is 10.1 Å². The maximum atomic E-state index is 12.4. The monoisotopic (exact) mass is 443 g/mol. The van der Waals surface area contributed by atoms with E-state index in [-0.39, 0.29) is 0 Å². The lowest BCUT2D eigenvalue weighted by molar-refractivity contribution is 0.309. The molecule has 4 aromatic rings. The molecule has 0 radical (unpaired) electrons. The summed E-state index contributed by atoms with van der Waals surface area (Å²) in [6, 6.07) is 18.8. The highest BCUT2D eigenvalue weighted by Gasteiger charge is 2.13. The summed E-state index contributed by atoms with van der Waals surface area (Å²) < 4.78 is 11.1. The summed E-state index contributed by atoms with van der Waals surface area (Å²) in [7, 11) is 0. The molecule has 160 valence electrons. The van der Waals surface area contributed by atoms with E-state index in [4.69, 9.17) is 9.15 Å². The molecule has 1 N–H and O–H groups in total. The van der Waals surface area contributed by atoms with Crippen molar-refractivity contribution in [2.75, 3.05) is 11.9 Å². The molecule has 2 aromatic heterocycles. The van der Waals surface area contributed by atoms with Gasteiger partial charge in [0.2, 0.25) is 0 Å². The molecule has 6 nitrogen and oxygen atoms in total. The summed E-state index contributed by atoms with van der Waals surface area (Å²) in [5.74, 6) is 0.773. The van der Waals surface area contributed by atoms with E-state index in [1.807, 2.05) is 42.5 Å². The number of ether oxygens (including phenoxy) is 1. The molecule has 0 unspecified atom stereocenters.